The Kier molecular flexibility index (Phi) is 5.94. The van der Waals surface area contributed by atoms with Gasteiger partial charge in [0.05, 0.1) is 11.0 Å². The zero-order valence-corrected chi connectivity index (χ0v) is 25.9. The summed E-state index contributed by atoms with van der Waals surface area (Å²) < 4.78 is 2.40. The number of aromatic nitrogens is 4. The highest BCUT2D eigenvalue weighted by Gasteiger charge is 2.36. The third-order valence-electron chi connectivity index (χ3n) is 9.71. The third-order valence-corrected chi connectivity index (χ3v) is 9.71. The molecule has 5 aromatic carbocycles. The lowest BCUT2D eigenvalue weighted by molar-refractivity contribution is 0.661. The number of benzene rings is 5. The van der Waals surface area contributed by atoms with Gasteiger partial charge in [-0.15, -0.1) is 0 Å². The first-order chi connectivity index (χ1) is 22.6. The topological polar surface area (TPSA) is 43.6 Å². The highest BCUT2D eigenvalue weighted by Crippen LogP contribution is 2.51. The molecular formula is C42H32N4. The van der Waals surface area contributed by atoms with Crippen molar-refractivity contribution in [3.63, 3.8) is 0 Å². The standard InChI is InChI=1S/C42H32N4/c1-42(2)35-22-11-9-20-31(35)33-25-34-32-21-10-12-23-37(32)46(38(34)26-36(33)42)30-19-13-18-29(24-30)41-44-39(27-14-5-3-6-15-27)43-40(45-41)28-16-7-4-8-17-28/h3-7,9-16,18-26H,8,17H2,1-2H3. The Bertz CT molecular complexity index is 2390. The van der Waals surface area contributed by atoms with Gasteiger partial charge in [-0.3, -0.25) is 0 Å². The van der Waals surface area contributed by atoms with Crippen LogP contribution in [0.25, 0.3) is 67.0 Å². The van der Waals surface area contributed by atoms with Crippen molar-refractivity contribution in [2.75, 3.05) is 0 Å². The van der Waals surface area contributed by atoms with Crippen molar-refractivity contribution >= 4 is 27.4 Å². The molecule has 2 heterocycles. The molecule has 2 aromatic heterocycles. The van der Waals surface area contributed by atoms with Crippen LogP contribution in [0.4, 0.5) is 0 Å². The maximum atomic E-state index is 5.06. The maximum Gasteiger partial charge on any atom is 0.164 e. The Morgan fingerprint density at radius 2 is 1.33 bits per heavy atom. The molecule has 0 spiro atoms. The molecule has 220 valence electrons. The lowest BCUT2D eigenvalue weighted by Gasteiger charge is -2.21. The van der Waals surface area contributed by atoms with Gasteiger partial charge in [0, 0.05) is 33.0 Å². The molecule has 7 aromatic rings. The smallest absolute Gasteiger partial charge is 0.164 e. The van der Waals surface area contributed by atoms with Crippen molar-refractivity contribution in [2.24, 2.45) is 0 Å². The van der Waals surface area contributed by atoms with Crippen molar-refractivity contribution in [3.8, 4) is 39.6 Å². The van der Waals surface area contributed by atoms with Gasteiger partial charge in [-0.25, -0.2) is 15.0 Å². The molecule has 0 bridgehead atoms. The Balaban J connectivity index is 1.25. The second-order valence-corrected chi connectivity index (χ2v) is 12.8. The number of fused-ring (bicyclic) bond motifs is 6. The van der Waals surface area contributed by atoms with Crippen LogP contribution in [0.3, 0.4) is 0 Å². The molecule has 9 rings (SSSR count). The number of para-hydroxylation sites is 1. The van der Waals surface area contributed by atoms with Crippen LogP contribution < -0.4 is 0 Å². The molecule has 0 aliphatic heterocycles. The SMILES string of the molecule is CC1(C)c2ccccc2-c2cc3c4ccccc4n(-c4cccc(-c5nc(C6=CC=CCC6)nc(-c6ccccc6)n5)c4)c3cc21. The fourth-order valence-corrected chi connectivity index (χ4v) is 7.38. The number of hydrogen-bond donors (Lipinski definition) is 0. The molecule has 2 aliphatic rings. The molecule has 0 fully saturated rings. The van der Waals surface area contributed by atoms with Gasteiger partial charge in [0.15, 0.2) is 17.5 Å². The molecule has 0 atom stereocenters. The molecule has 0 amide bonds. The summed E-state index contributed by atoms with van der Waals surface area (Å²) in [7, 11) is 0. The monoisotopic (exact) mass is 592 g/mol. The van der Waals surface area contributed by atoms with Gasteiger partial charge in [-0.05, 0) is 71.0 Å². The summed E-state index contributed by atoms with van der Waals surface area (Å²) in [4.78, 5) is 15.0. The molecule has 0 N–H and O–H groups in total. The summed E-state index contributed by atoms with van der Waals surface area (Å²) in [5.74, 6) is 2.11. The van der Waals surface area contributed by atoms with Crippen molar-refractivity contribution in [3.05, 3.63) is 150 Å². The minimum absolute atomic E-state index is 0.0820. The van der Waals surface area contributed by atoms with E-state index in [1.807, 2.05) is 18.2 Å². The van der Waals surface area contributed by atoms with Crippen LogP contribution in [0.1, 0.15) is 43.6 Å². The van der Waals surface area contributed by atoms with E-state index in [2.05, 4.69) is 134 Å². The van der Waals surface area contributed by atoms with Gasteiger partial charge in [0.1, 0.15) is 0 Å². The summed E-state index contributed by atoms with van der Waals surface area (Å²) in [6, 6.07) is 41.3. The van der Waals surface area contributed by atoms with E-state index in [9.17, 15) is 0 Å². The molecule has 4 nitrogen and oxygen atoms in total. The average molecular weight is 593 g/mol. The van der Waals surface area contributed by atoms with Crippen molar-refractivity contribution < 1.29 is 0 Å². The normalized spacial score (nSPS) is 14.8. The van der Waals surface area contributed by atoms with Crippen LogP contribution in [-0.4, -0.2) is 19.5 Å². The first-order valence-electron chi connectivity index (χ1n) is 16.0. The van der Waals surface area contributed by atoms with Crippen LogP contribution in [0.2, 0.25) is 0 Å². The van der Waals surface area contributed by atoms with Gasteiger partial charge in [0.2, 0.25) is 0 Å². The first kappa shape index (κ1) is 26.8. The molecule has 0 saturated carbocycles. The number of hydrogen-bond acceptors (Lipinski definition) is 3. The van der Waals surface area contributed by atoms with Crippen LogP contribution in [0.15, 0.2) is 133 Å². The molecule has 0 unspecified atom stereocenters. The summed E-state index contributed by atoms with van der Waals surface area (Å²) in [5.41, 5.74) is 11.9. The summed E-state index contributed by atoms with van der Waals surface area (Å²) in [6.07, 6.45) is 8.32. The second-order valence-electron chi connectivity index (χ2n) is 12.8. The lowest BCUT2D eigenvalue weighted by Crippen LogP contribution is -2.14. The predicted octanol–water partition coefficient (Wildman–Crippen LogP) is 10.3. The minimum Gasteiger partial charge on any atom is -0.309 e. The van der Waals surface area contributed by atoms with E-state index < -0.39 is 0 Å². The molecule has 0 radical (unpaired) electrons. The third kappa shape index (κ3) is 4.10. The highest BCUT2D eigenvalue weighted by atomic mass is 15.0. The largest absolute Gasteiger partial charge is 0.309 e. The van der Waals surface area contributed by atoms with E-state index in [1.165, 1.54) is 44.1 Å². The Morgan fingerprint density at radius 1 is 0.587 bits per heavy atom. The number of allylic oxidation sites excluding steroid dienone is 4. The van der Waals surface area contributed by atoms with E-state index in [0.29, 0.717) is 11.6 Å². The highest BCUT2D eigenvalue weighted by molar-refractivity contribution is 6.11. The van der Waals surface area contributed by atoms with Gasteiger partial charge in [0.25, 0.3) is 0 Å². The summed E-state index contributed by atoms with van der Waals surface area (Å²) in [6.45, 7) is 4.69. The lowest BCUT2D eigenvalue weighted by atomic mass is 9.82. The average Bonchev–Trinajstić information content (AvgIpc) is 3.56. The van der Waals surface area contributed by atoms with E-state index >= 15 is 0 Å². The van der Waals surface area contributed by atoms with Gasteiger partial charge in [-0.1, -0.05) is 117 Å². The second kappa shape index (κ2) is 10.2. The summed E-state index contributed by atoms with van der Waals surface area (Å²) >= 11 is 0. The first-order valence-corrected chi connectivity index (χ1v) is 16.0. The van der Waals surface area contributed by atoms with E-state index in [-0.39, 0.29) is 5.41 Å². The summed E-state index contributed by atoms with van der Waals surface area (Å²) in [5, 5.41) is 2.51. The Labute approximate surface area is 268 Å². The molecule has 0 saturated heterocycles. The quantitative estimate of drug-likeness (QED) is 0.204. The fourth-order valence-electron chi connectivity index (χ4n) is 7.38. The minimum atomic E-state index is -0.0820. The molecular weight excluding hydrogens is 560 g/mol. The van der Waals surface area contributed by atoms with Crippen LogP contribution in [0.5, 0.6) is 0 Å². The van der Waals surface area contributed by atoms with Crippen LogP contribution in [-0.2, 0) is 5.41 Å². The Hall–Kier alpha value is -5.61. The van der Waals surface area contributed by atoms with E-state index in [0.717, 1.165) is 41.1 Å². The van der Waals surface area contributed by atoms with Gasteiger partial charge in [-0.2, -0.15) is 0 Å². The van der Waals surface area contributed by atoms with Gasteiger partial charge >= 0.3 is 0 Å². The molecule has 46 heavy (non-hydrogen) atoms. The number of nitrogens with zero attached hydrogens (tertiary/aromatic N) is 4. The van der Waals surface area contributed by atoms with E-state index in [1.54, 1.807) is 0 Å². The molecule has 2 aliphatic carbocycles. The fraction of sp³-hybridized carbons (Fsp3) is 0.119. The zero-order chi connectivity index (χ0) is 30.8. The van der Waals surface area contributed by atoms with Crippen LogP contribution in [0, 0.1) is 0 Å². The number of rotatable bonds is 4. The van der Waals surface area contributed by atoms with Gasteiger partial charge < -0.3 is 4.57 Å². The predicted molar refractivity (Wildman–Crippen MR) is 189 cm³/mol. The zero-order valence-electron chi connectivity index (χ0n) is 25.9. The molecule has 4 heteroatoms. The van der Waals surface area contributed by atoms with Crippen molar-refractivity contribution in [1.29, 1.82) is 0 Å². The van der Waals surface area contributed by atoms with Crippen LogP contribution >= 0.6 is 0 Å². The van der Waals surface area contributed by atoms with E-state index in [4.69, 9.17) is 15.0 Å². The van der Waals surface area contributed by atoms with Crippen molar-refractivity contribution in [2.45, 2.75) is 32.1 Å². The van der Waals surface area contributed by atoms with Crippen molar-refractivity contribution in [1.82, 2.24) is 19.5 Å². The maximum absolute atomic E-state index is 5.06. The Morgan fingerprint density at radius 3 is 2.17 bits per heavy atom.